The molecule has 23 heavy (non-hydrogen) atoms. The van der Waals surface area contributed by atoms with E-state index in [-0.39, 0.29) is 0 Å². The molecule has 0 saturated heterocycles. The van der Waals surface area contributed by atoms with E-state index in [1.807, 2.05) is 12.1 Å². The van der Waals surface area contributed by atoms with E-state index in [9.17, 15) is 0 Å². The van der Waals surface area contributed by atoms with E-state index < -0.39 is 0 Å². The number of benzene rings is 2. The Balaban J connectivity index is 1.97. The van der Waals surface area contributed by atoms with Crippen LogP contribution < -0.4 is 4.57 Å². The molecule has 114 valence electrons. The summed E-state index contributed by atoms with van der Waals surface area (Å²) in [4.78, 5) is 0. The first-order chi connectivity index (χ1) is 11.2. The monoisotopic (exact) mass is 302 g/mol. The second-order valence-electron chi connectivity index (χ2n) is 6.15. The Kier molecular flexibility index (Phi) is 3.19. The molecule has 0 aliphatic rings. The number of aromatic nitrogens is 1. The first-order valence-electron chi connectivity index (χ1n) is 8.08. The van der Waals surface area contributed by atoms with E-state index in [4.69, 9.17) is 4.42 Å². The lowest BCUT2D eigenvalue weighted by atomic mass is 10.0. The second-order valence-corrected chi connectivity index (χ2v) is 6.15. The minimum absolute atomic E-state index is 0.949. The van der Waals surface area contributed by atoms with Crippen LogP contribution in [0, 0.1) is 6.92 Å². The molecular formula is C21H20NO+. The Bertz CT molecular complexity index is 1030. The van der Waals surface area contributed by atoms with Crippen molar-refractivity contribution < 1.29 is 8.98 Å². The zero-order chi connectivity index (χ0) is 16.0. The fraction of sp³-hybridized carbons (Fsp3) is 0.190. The lowest BCUT2D eigenvalue weighted by molar-refractivity contribution is -0.660. The molecule has 0 N–H and O–H groups in total. The van der Waals surface area contributed by atoms with Gasteiger partial charge < -0.3 is 4.42 Å². The molecule has 2 aromatic carbocycles. The number of hydrogen-bond acceptors (Lipinski definition) is 1. The summed E-state index contributed by atoms with van der Waals surface area (Å²) >= 11 is 0. The van der Waals surface area contributed by atoms with Crippen LogP contribution in [0.2, 0.25) is 0 Å². The summed E-state index contributed by atoms with van der Waals surface area (Å²) in [6, 6.07) is 17.0. The van der Waals surface area contributed by atoms with Gasteiger partial charge in [-0.05, 0) is 43.2 Å². The lowest BCUT2D eigenvalue weighted by Crippen LogP contribution is -2.31. The molecule has 0 bridgehead atoms. The van der Waals surface area contributed by atoms with Gasteiger partial charge in [0, 0.05) is 22.4 Å². The van der Waals surface area contributed by atoms with Gasteiger partial charge >= 0.3 is 0 Å². The molecule has 0 radical (unpaired) electrons. The van der Waals surface area contributed by atoms with Crippen LogP contribution in [-0.2, 0) is 13.5 Å². The molecule has 0 amide bonds. The van der Waals surface area contributed by atoms with Crippen molar-refractivity contribution in [3.05, 3.63) is 65.9 Å². The van der Waals surface area contributed by atoms with Crippen LogP contribution in [0.3, 0.4) is 0 Å². The van der Waals surface area contributed by atoms with Crippen molar-refractivity contribution in [3.8, 4) is 11.3 Å². The van der Waals surface area contributed by atoms with Gasteiger partial charge in [-0.3, -0.25) is 0 Å². The molecule has 4 rings (SSSR count). The van der Waals surface area contributed by atoms with Gasteiger partial charge in [0.2, 0.25) is 5.69 Å². The predicted molar refractivity (Wildman–Crippen MR) is 94.4 cm³/mol. The largest absolute Gasteiger partial charge is 0.456 e. The maximum Gasteiger partial charge on any atom is 0.212 e. The fourth-order valence-electron chi connectivity index (χ4n) is 3.31. The zero-order valence-corrected chi connectivity index (χ0v) is 13.8. The summed E-state index contributed by atoms with van der Waals surface area (Å²) < 4.78 is 8.25. The molecule has 0 fully saturated rings. The highest BCUT2D eigenvalue weighted by molar-refractivity contribution is 6.06. The minimum Gasteiger partial charge on any atom is -0.456 e. The summed E-state index contributed by atoms with van der Waals surface area (Å²) in [5, 5.41) is 2.37. The fourth-order valence-corrected chi connectivity index (χ4v) is 3.31. The molecule has 0 unspecified atom stereocenters. The Hall–Kier alpha value is -2.61. The standard InChI is InChI=1S/C21H20NO/c1-4-15-9-10-19(22(3)13-15)17-12-21-18(11-14(17)2)16-7-5-6-8-20(16)23-21/h5-13H,4H2,1-3H3/q+1. The van der Waals surface area contributed by atoms with Gasteiger partial charge in [-0.25, -0.2) is 4.57 Å². The molecule has 0 atom stereocenters. The Morgan fingerprint density at radius 3 is 2.57 bits per heavy atom. The van der Waals surface area contributed by atoms with Crippen molar-refractivity contribution in [1.29, 1.82) is 0 Å². The molecule has 2 heteroatoms. The van der Waals surface area contributed by atoms with Crippen LogP contribution in [0.5, 0.6) is 0 Å². The summed E-state index contributed by atoms with van der Waals surface area (Å²) in [6.45, 7) is 4.35. The van der Waals surface area contributed by atoms with E-state index >= 15 is 0 Å². The smallest absolute Gasteiger partial charge is 0.212 e. The average molecular weight is 302 g/mol. The maximum absolute atomic E-state index is 6.05. The van der Waals surface area contributed by atoms with Gasteiger partial charge in [0.1, 0.15) is 18.2 Å². The van der Waals surface area contributed by atoms with E-state index in [1.54, 1.807) is 0 Å². The van der Waals surface area contributed by atoms with Crippen molar-refractivity contribution in [1.82, 2.24) is 0 Å². The molecule has 2 nitrogen and oxygen atoms in total. The van der Waals surface area contributed by atoms with Crippen LogP contribution in [-0.4, -0.2) is 0 Å². The number of aryl methyl sites for hydroxylation is 3. The second kappa shape index (κ2) is 5.24. The van der Waals surface area contributed by atoms with Gasteiger partial charge in [0.25, 0.3) is 0 Å². The average Bonchev–Trinajstić information content (AvgIpc) is 2.92. The first kappa shape index (κ1) is 14.0. The molecule has 4 aromatic rings. The number of pyridine rings is 1. The third kappa shape index (κ3) is 2.22. The number of hydrogen-bond donors (Lipinski definition) is 0. The molecule has 0 aliphatic carbocycles. The summed E-state index contributed by atoms with van der Waals surface area (Å²) in [5.41, 5.74) is 6.95. The topological polar surface area (TPSA) is 17.0 Å². The zero-order valence-electron chi connectivity index (χ0n) is 13.8. The Morgan fingerprint density at radius 2 is 1.78 bits per heavy atom. The molecule has 2 aromatic heterocycles. The van der Waals surface area contributed by atoms with E-state index in [1.165, 1.54) is 33.2 Å². The molecule has 0 aliphatic heterocycles. The highest BCUT2D eigenvalue weighted by Crippen LogP contribution is 2.33. The lowest BCUT2D eigenvalue weighted by Gasteiger charge is -2.06. The summed E-state index contributed by atoms with van der Waals surface area (Å²) in [5.74, 6) is 0. The maximum atomic E-state index is 6.05. The van der Waals surface area contributed by atoms with Gasteiger partial charge in [-0.15, -0.1) is 0 Å². The highest BCUT2D eigenvalue weighted by Gasteiger charge is 2.16. The van der Waals surface area contributed by atoms with Crippen LogP contribution >= 0.6 is 0 Å². The highest BCUT2D eigenvalue weighted by atomic mass is 16.3. The SMILES string of the molecule is CCc1ccc(-c2cc3oc4ccccc4c3cc2C)[n+](C)c1. The number of nitrogens with zero attached hydrogens (tertiary/aromatic N) is 1. The molecular weight excluding hydrogens is 282 g/mol. The number of fused-ring (bicyclic) bond motifs is 3. The van der Waals surface area contributed by atoms with Crippen molar-refractivity contribution in [2.75, 3.05) is 0 Å². The van der Waals surface area contributed by atoms with E-state index in [2.05, 4.69) is 68.1 Å². The van der Waals surface area contributed by atoms with Crippen LogP contribution in [0.1, 0.15) is 18.1 Å². The molecule has 0 saturated carbocycles. The third-order valence-electron chi connectivity index (χ3n) is 4.60. The van der Waals surface area contributed by atoms with Crippen molar-refractivity contribution >= 4 is 21.9 Å². The Morgan fingerprint density at radius 1 is 0.957 bits per heavy atom. The van der Waals surface area contributed by atoms with E-state index in [0.717, 1.165) is 17.6 Å². The molecule has 0 spiro atoms. The van der Waals surface area contributed by atoms with Gasteiger partial charge in [0.05, 0.1) is 5.56 Å². The first-order valence-corrected chi connectivity index (χ1v) is 8.08. The van der Waals surface area contributed by atoms with E-state index in [0.29, 0.717) is 0 Å². The Labute approximate surface area is 136 Å². The quantitative estimate of drug-likeness (QED) is 0.479. The van der Waals surface area contributed by atoms with Gasteiger partial charge in [-0.1, -0.05) is 25.1 Å². The third-order valence-corrected chi connectivity index (χ3v) is 4.60. The van der Waals surface area contributed by atoms with Crippen LogP contribution in [0.4, 0.5) is 0 Å². The van der Waals surface area contributed by atoms with Crippen molar-refractivity contribution in [2.45, 2.75) is 20.3 Å². The molecule has 2 heterocycles. The van der Waals surface area contributed by atoms with Crippen LogP contribution in [0.15, 0.2) is 59.1 Å². The summed E-state index contributed by atoms with van der Waals surface area (Å²) in [7, 11) is 2.11. The number of furan rings is 1. The van der Waals surface area contributed by atoms with Gasteiger partial charge in [-0.2, -0.15) is 0 Å². The predicted octanol–water partition coefficient (Wildman–Crippen LogP) is 4.95. The number of rotatable bonds is 2. The number of para-hydroxylation sites is 1. The summed E-state index contributed by atoms with van der Waals surface area (Å²) in [6.07, 6.45) is 3.26. The van der Waals surface area contributed by atoms with Crippen LogP contribution in [0.25, 0.3) is 33.2 Å². The normalized spacial score (nSPS) is 11.4. The van der Waals surface area contributed by atoms with Crippen molar-refractivity contribution in [3.63, 3.8) is 0 Å². The minimum atomic E-state index is 0.949. The van der Waals surface area contributed by atoms with Crippen molar-refractivity contribution in [2.24, 2.45) is 7.05 Å². The van der Waals surface area contributed by atoms with Gasteiger partial charge in [0.15, 0.2) is 6.20 Å².